The number of nitrogens with zero attached hydrogens (tertiary/aromatic N) is 2. The molecule has 2 aliphatic rings. The van der Waals surface area contributed by atoms with Crippen LogP contribution >= 0.6 is 0 Å². The molecule has 0 atom stereocenters. The van der Waals surface area contributed by atoms with Gasteiger partial charge in [0, 0.05) is 24.3 Å². The summed E-state index contributed by atoms with van der Waals surface area (Å²) in [5.74, 6) is -2.09. The van der Waals surface area contributed by atoms with Gasteiger partial charge in [0.15, 0.2) is 32.2 Å². The molecule has 2 fully saturated rings. The molecule has 4 rings (SSSR count). The molecule has 0 unspecified atom stereocenters. The maximum absolute atomic E-state index is 14.8. The predicted octanol–water partition coefficient (Wildman–Crippen LogP) is 5.30. The van der Waals surface area contributed by atoms with E-state index in [9.17, 15) is 22.0 Å². The van der Waals surface area contributed by atoms with Crippen LogP contribution < -0.4 is 4.74 Å². The highest BCUT2D eigenvalue weighted by Crippen LogP contribution is 2.39. The lowest BCUT2D eigenvalue weighted by atomic mass is 9.98. The van der Waals surface area contributed by atoms with Crippen molar-refractivity contribution in [3.05, 3.63) is 41.6 Å². The van der Waals surface area contributed by atoms with Crippen LogP contribution in [0.4, 0.5) is 13.6 Å². The molecule has 0 bridgehead atoms. The van der Waals surface area contributed by atoms with Crippen LogP contribution in [-0.2, 0) is 14.6 Å². The van der Waals surface area contributed by atoms with Crippen molar-refractivity contribution in [2.75, 3.05) is 25.4 Å². The number of rotatable bonds is 8. The Bertz CT molecular complexity index is 1220. The summed E-state index contributed by atoms with van der Waals surface area (Å²) in [5.41, 5.74) is 0.731. The Morgan fingerprint density at radius 2 is 1.81 bits per heavy atom. The molecule has 196 valence electrons. The summed E-state index contributed by atoms with van der Waals surface area (Å²) in [6.45, 7) is 6.46. The molecule has 2 heterocycles. The van der Waals surface area contributed by atoms with Crippen molar-refractivity contribution in [1.82, 2.24) is 9.88 Å². The molecule has 36 heavy (non-hydrogen) atoms. The summed E-state index contributed by atoms with van der Waals surface area (Å²) >= 11 is 0. The van der Waals surface area contributed by atoms with E-state index in [1.54, 1.807) is 18.7 Å². The van der Waals surface area contributed by atoms with Crippen LogP contribution in [0.1, 0.15) is 51.6 Å². The molecule has 1 saturated carbocycles. The Balaban J connectivity index is 1.38. The fourth-order valence-electron chi connectivity index (χ4n) is 4.28. The summed E-state index contributed by atoms with van der Waals surface area (Å²) < 4.78 is 65.2. The second-order valence-electron chi connectivity index (χ2n) is 9.93. The first-order chi connectivity index (χ1) is 17.0. The Kier molecular flexibility index (Phi) is 7.54. The van der Waals surface area contributed by atoms with Crippen molar-refractivity contribution in [2.45, 2.75) is 63.5 Å². The maximum atomic E-state index is 14.8. The number of aryl methyl sites for hydroxylation is 1. The molecule has 2 aromatic rings. The normalized spacial score (nSPS) is 17.6. The molecule has 0 radical (unpaired) electrons. The average Bonchev–Trinajstić information content (AvgIpc) is 3.55. The van der Waals surface area contributed by atoms with E-state index in [2.05, 4.69) is 4.98 Å². The van der Waals surface area contributed by atoms with Crippen molar-refractivity contribution >= 4 is 15.9 Å². The number of aromatic nitrogens is 1. The van der Waals surface area contributed by atoms with Crippen LogP contribution in [0, 0.1) is 24.5 Å². The number of hydrogen-bond acceptors (Lipinski definition) is 6. The van der Waals surface area contributed by atoms with Crippen molar-refractivity contribution in [2.24, 2.45) is 5.92 Å². The maximum Gasteiger partial charge on any atom is 0.410 e. The number of pyridine rings is 1. The van der Waals surface area contributed by atoms with E-state index < -0.39 is 27.2 Å². The molecule has 0 spiro atoms. The van der Waals surface area contributed by atoms with Crippen LogP contribution in [0.3, 0.4) is 0 Å². The first kappa shape index (κ1) is 26.3. The van der Waals surface area contributed by atoms with E-state index in [0.29, 0.717) is 43.6 Å². The van der Waals surface area contributed by atoms with Crippen LogP contribution in [0.25, 0.3) is 11.1 Å². The monoisotopic (exact) mass is 522 g/mol. The predicted molar refractivity (Wildman–Crippen MR) is 131 cm³/mol. The molecule has 0 N–H and O–H groups in total. The van der Waals surface area contributed by atoms with Gasteiger partial charge < -0.3 is 14.4 Å². The van der Waals surface area contributed by atoms with Gasteiger partial charge in [-0.05, 0) is 81.7 Å². The molecule has 10 heteroatoms. The van der Waals surface area contributed by atoms with Crippen molar-refractivity contribution in [3.63, 3.8) is 0 Å². The van der Waals surface area contributed by atoms with E-state index in [1.807, 2.05) is 6.92 Å². The molecule has 1 saturated heterocycles. The number of hydrogen-bond donors (Lipinski definition) is 0. The number of benzene rings is 1. The van der Waals surface area contributed by atoms with Crippen molar-refractivity contribution < 1.29 is 31.5 Å². The van der Waals surface area contributed by atoms with Gasteiger partial charge in [-0.3, -0.25) is 0 Å². The highest BCUT2D eigenvalue weighted by molar-refractivity contribution is 7.91. The summed E-state index contributed by atoms with van der Waals surface area (Å²) in [6, 6.07) is 5.21. The summed E-state index contributed by atoms with van der Waals surface area (Å²) in [5, 5.41) is -0.0486. The lowest BCUT2D eigenvalue weighted by molar-refractivity contribution is 0.0453. The lowest BCUT2D eigenvalue weighted by Crippen LogP contribution is -2.41. The SMILES string of the molecule is CCCS(=O)(=O)c1ccc(-c2cc(F)c(OCC3CCN(C(=O)OC4(C)CC4)CC3)c(F)c2)c(C)n1. The number of likely N-dealkylation sites (tertiary alicyclic amines) is 1. The highest BCUT2D eigenvalue weighted by Gasteiger charge is 2.43. The zero-order valence-electron chi connectivity index (χ0n) is 20.9. The summed E-state index contributed by atoms with van der Waals surface area (Å²) in [4.78, 5) is 18.1. The third kappa shape index (κ3) is 5.96. The molecule has 1 aromatic heterocycles. The molecule has 1 aliphatic heterocycles. The molecule has 1 amide bonds. The van der Waals surface area contributed by atoms with Gasteiger partial charge in [0.2, 0.25) is 0 Å². The second kappa shape index (κ2) is 10.3. The third-order valence-corrected chi connectivity index (χ3v) is 8.60. The molecular weight excluding hydrogens is 490 g/mol. The van der Waals surface area contributed by atoms with Gasteiger partial charge >= 0.3 is 6.09 Å². The Morgan fingerprint density at radius 1 is 1.17 bits per heavy atom. The fraction of sp³-hybridized carbons (Fsp3) is 0.538. The Labute approximate surface area is 210 Å². The molecule has 1 aromatic carbocycles. The van der Waals surface area contributed by atoms with Crippen LogP contribution in [-0.4, -0.2) is 55.4 Å². The van der Waals surface area contributed by atoms with Crippen molar-refractivity contribution in [3.8, 4) is 16.9 Å². The largest absolute Gasteiger partial charge is 0.487 e. The standard InChI is InChI=1S/C26H32F2N2O5S/c1-4-13-36(32,33)23-6-5-20(17(2)29-23)19-14-21(27)24(22(28)15-19)34-16-18-7-11-30(12-8-18)25(31)35-26(3)9-10-26/h5-6,14-15,18H,4,7-13,16H2,1-3H3. The van der Waals surface area contributed by atoms with Gasteiger partial charge in [-0.1, -0.05) is 6.92 Å². The number of ether oxygens (including phenoxy) is 2. The zero-order chi connectivity index (χ0) is 26.1. The van der Waals surface area contributed by atoms with E-state index in [1.165, 1.54) is 24.3 Å². The van der Waals surface area contributed by atoms with Crippen LogP contribution in [0.15, 0.2) is 29.3 Å². The smallest absolute Gasteiger partial charge is 0.410 e. The van der Waals surface area contributed by atoms with Gasteiger partial charge in [0.1, 0.15) is 5.60 Å². The van der Waals surface area contributed by atoms with Crippen molar-refractivity contribution in [1.29, 1.82) is 0 Å². The number of carbonyl (C=O) groups is 1. The second-order valence-corrected chi connectivity index (χ2v) is 12.0. The summed E-state index contributed by atoms with van der Waals surface area (Å²) in [7, 11) is -3.49. The van der Waals surface area contributed by atoms with E-state index in [-0.39, 0.29) is 40.6 Å². The van der Waals surface area contributed by atoms with E-state index in [0.717, 1.165) is 12.8 Å². The quantitative estimate of drug-likeness (QED) is 0.468. The van der Waals surface area contributed by atoms with Gasteiger partial charge in [-0.15, -0.1) is 0 Å². The Hall–Kier alpha value is -2.75. The average molecular weight is 523 g/mol. The number of piperidine rings is 1. The number of halogens is 2. The fourth-order valence-corrected chi connectivity index (χ4v) is 5.58. The first-order valence-electron chi connectivity index (χ1n) is 12.3. The minimum Gasteiger partial charge on any atom is -0.487 e. The third-order valence-electron chi connectivity index (χ3n) is 6.78. The first-order valence-corrected chi connectivity index (χ1v) is 14.0. The number of carbonyl (C=O) groups excluding carboxylic acids is 1. The number of sulfone groups is 1. The zero-order valence-corrected chi connectivity index (χ0v) is 21.7. The molecule has 7 nitrogen and oxygen atoms in total. The van der Waals surface area contributed by atoms with Crippen LogP contribution in [0.2, 0.25) is 0 Å². The van der Waals surface area contributed by atoms with Gasteiger partial charge in [0.25, 0.3) is 0 Å². The van der Waals surface area contributed by atoms with Gasteiger partial charge in [-0.25, -0.2) is 27.0 Å². The molecular formula is C26H32F2N2O5S. The van der Waals surface area contributed by atoms with E-state index >= 15 is 0 Å². The van der Waals surface area contributed by atoms with Gasteiger partial charge in [0.05, 0.1) is 12.4 Å². The van der Waals surface area contributed by atoms with Gasteiger partial charge in [-0.2, -0.15) is 0 Å². The Morgan fingerprint density at radius 3 is 2.36 bits per heavy atom. The minimum absolute atomic E-state index is 0.0172. The topological polar surface area (TPSA) is 85.8 Å². The number of amides is 1. The van der Waals surface area contributed by atoms with E-state index in [4.69, 9.17) is 9.47 Å². The highest BCUT2D eigenvalue weighted by atomic mass is 32.2. The minimum atomic E-state index is -3.49. The lowest BCUT2D eigenvalue weighted by Gasteiger charge is -2.32. The van der Waals surface area contributed by atoms with Crippen LogP contribution in [0.5, 0.6) is 5.75 Å². The summed E-state index contributed by atoms with van der Waals surface area (Å²) in [6.07, 6.45) is 3.26. The molecule has 1 aliphatic carbocycles.